The number of aromatic nitrogens is 2. The van der Waals surface area contributed by atoms with E-state index in [1.807, 2.05) is 0 Å². The molecule has 2 aromatic rings. The molecule has 0 saturated heterocycles. The molecular weight excluding hydrogens is 304 g/mol. The average molecular weight is 333 g/mol. The van der Waals surface area contributed by atoms with Crippen LogP contribution in [-0.2, 0) is 6.42 Å². The minimum Gasteiger partial charge on any atom is -0.343 e. The molecule has 0 amide bonds. The summed E-state index contributed by atoms with van der Waals surface area (Å²) in [5, 5.41) is 4.49. The molecule has 23 heavy (non-hydrogen) atoms. The quantitative estimate of drug-likeness (QED) is 0.801. The zero-order valence-corrected chi connectivity index (χ0v) is 15.7. The van der Waals surface area contributed by atoms with Gasteiger partial charge in [-0.2, -0.15) is 4.37 Å². The number of hydrogen-bond acceptors (Lipinski definition) is 5. The Morgan fingerprint density at radius 3 is 2.57 bits per heavy atom. The van der Waals surface area contributed by atoms with Gasteiger partial charge in [-0.15, -0.1) is 0 Å². The normalized spacial score (nSPS) is 11.4. The predicted molar refractivity (Wildman–Crippen MR) is 99.5 cm³/mol. The van der Waals surface area contributed by atoms with Crippen LogP contribution < -0.4 is 10.2 Å². The Morgan fingerprint density at radius 1 is 1.17 bits per heavy atom. The number of benzene rings is 1. The molecule has 0 radical (unpaired) electrons. The fourth-order valence-electron chi connectivity index (χ4n) is 2.46. The van der Waals surface area contributed by atoms with Gasteiger partial charge in [0.25, 0.3) is 0 Å². The summed E-state index contributed by atoms with van der Waals surface area (Å²) >= 11 is 1.51. The summed E-state index contributed by atoms with van der Waals surface area (Å²) in [7, 11) is 0. The summed E-state index contributed by atoms with van der Waals surface area (Å²) in [6.07, 6.45) is 0.805. The van der Waals surface area contributed by atoms with E-state index in [0.717, 1.165) is 30.5 Å². The van der Waals surface area contributed by atoms with Crippen LogP contribution in [0, 0.1) is 6.92 Å². The zero-order chi connectivity index (χ0) is 16.8. The molecule has 4 nitrogen and oxygen atoms in total. The maximum atomic E-state index is 4.77. The van der Waals surface area contributed by atoms with Crippen LogP contribution >= 0.6 is 11.5 Å². The molecule has 126 valence electrons. The highest BCUT2D eigenvalue weighted by Crippen LogP contribution is 2.21. The van der Waals surface area contributed by atoms with E-state index < -0.39 is 0 Å². The van der Waals surface area contributed by atoms with E-state index in [-0.39, 0.29) is 0 Å². The van der Waals surface area contributed by atoms with E-state index in [0.29, 0.717) is 12.1 Å². The number of aryl methyl sites for hydroxylation is 1. The molecule has 0 atom stereocenters. The van der Waals surface area contributed by atoms with Gasteiger partial charge in [-0.05, 0) is 31.9 Å². The highest BCUT2D eigenvalue weighted by Gasteiger charge is 2.16. The fraction of sp³-hybridized carbons (Fsp3) is 0.556. The van der Waals surface area contributed by atoms with Crippen molar-refractivity contribution in [2.45, 2.75) is 53.1 Å². The molecule has 0 saturated carbocycles. The lowest BCUT2D eigenvalue weighted by Gasteiger charge is -2.26. The van der Waals surface area contributed by atoms with Crippen LogP contribution in [-0.4, -0.2) is 34.5 Å². The summed E-state index contributed by atoms with van der Waals surface area (Å²) in [5.41, 5.74) is 2.60. The Bertz CT molecular complexity index is 607. The maximum Gasteiger partial charge on any atom is 0.205 e. The summed E-state index contributed by atoms with van der Waals surface area (Å²) in [6.45, 7) is 12.8. The predicted octanol–water partition coefficient (Wildman–Crippen LogP) is 3.65. The molecule has 1 aromatic carbocycles. The van der Waals surface area contributed by atoms with Crippen LogP contribution in [0.15, 0.2) is 24.3 Å². The molecule has 5 heteroatoms. The van der Waals surface area contributed by atoms with E-state index >= 15 is 0 Å². The summed E-state index contributed by atoms with van der Waals surface area (Å²) in [4.78, 5) is 7.10. The van der Waals surface area contributed by atoms with Crippen molar-refractivity contribution < 1.29 is 0 Å². The monoisotopic (exact) mass is 332 g/mol. The third-order valence-electron chi connectivity index (χ3n) is 3.84. The number of rotatable bonds is 8. The second-order valence-corrected chi connectivity index (χ2v) is 7.22. The Hall–Kier alpha value is -1.46. The minimum atomic E-state index is 0.420. The van der Waals surface area contributed by atoms with Crippen molar-refractivity contribution in [3.05, 3.63) is 41.2 Å². The summed E-state index contributed by atoms with van der Waals surface area (Å²) in [6, 6.07) is 9.37. The number of nitrogens with one attached hydrogen (secondary N) is 1. The van der Waals surface area contributed by atoms with Crippen molar-refractivity contribution in [3.8, 4) is 0 Å². The van der Waals surface area contributed by atoms with Crippen molar-refractivity contribution in [1.82, 2.24) is 14.7 Å². The lowest BCUT2D eigenvalue weighted by atomic mass is 10.1. The largest absolute Gasteiger partial charge is 0.343 e. The fourth-order valence-corrected chi connectivity index (χ4v) is 3.31. The number of hydrogen-bond donors (Lipinski definition) is 1. The first-order valence-electron chi connectivity index (χ1n) is 8.34. The molecule has 1 aromatic heterocycles. The molecule has 0 aliphatic heterocycles. The molecule has 0 bridgehead atoms. The third kappa shape index (κ3) is 5.29. The number of nitrogens with zero attached hydrogens (tertiary/aromatic N) is 3. The molecule has 0 fully saturated rings. The second-order valence-electron chi connectivity index (χ2n) is 6.49. The van der Waals surface area contributed by atoms with Gasteiger partial charge in [0.15, 0.2) is 0 Å². The van der Waals surface area contributed by atoms with Gasteiger partial charge in [0, 0.05) is 43.1 Å². The molecular formula is C18H28N4S. The first kappa shape index (κ1) is 17.9. The number of anilines is 1. The van der Waals surface area contributed by atoms with Crippen molar-refractivity contribution >= 4 is 16.7 Å². The SMILES string of the molecule is Cc1ccccc1Cc1nsc(N(CCNC(C)C)C(C)C)n1. The van der Waals surface area contributed by atoms with Gasteiger partial charge in [0.1, 0.15) is 5.82 Å². The zero-order valence-electron chi connectivity index (χ0n) is 14.8. The molecule has 0 aliphatic carbocycles. The minimum absolute atomic E-state index is 0.420. The molecule has 0 aliphatic rings. The van der Waals surface area contributed by atoms with Crippen molar-refractivity contribution in [1.29, 1.82) is 0 Å². The Morgan fingerprint density at radius 2 is 1.91 bits per heavy atom. The van der Waals surface area contributed by atoms with E-state index in [1.54, 1.807) is 0 Å². The second kappa shape index (κ2) is 8.41. The summed E-state index contributed by atoms with van der Waals surface area (Å²) < 4.78 is 4.57. The van der Waals surface area contributed by atoms with E-state index in [9.17, 15) is 0 Å². The average Bonchev–Trinajstić information content (AvgIpc) is 2.93. The standard InChI is InChI=1S/C18H28N4S/c1-13(2)19-10-11-22(14(3)4)18-20-17(21-23-18)12-16-9-7-6-8-15(16)5/h6-9,13-14,19H,10-12H2,1-5H3. The van der Waals surface area contributed by atoms with Crippen LogP contribution in [0.25, 0.3) is 0 Å². The lowest BCUT2D eigenvalue weighted by molar-refractivity contribution is 0.564. The van der Waals surface area contributed by atoms with Gasteiger partial charge >= 0.3 is 0 Å². The molecule has 2 rings (SSSR count). The van der Waals surface area contributed by atoms with Crippen LogP contribution in [0.4, 0.5) is 5.13 Å². The maximum absolute atomic E-state index is 4.77. The topological polar surface area (TPSA) is 41.1 Å². The molecule has 1 heterocycles. The Balaban J connectivity index is 2.04. The van der Waals surface area contributed by atoms with Crippen LogP contribution in [0.1, 0.15) is 44.6 Å². The van der Waals surface area contributed by atoms with Crippen LogP contribution in [0.5, 0.6) is 0 Å². The van der Waals surface area contributed by atoms with Gasteiger partial charge in [-0.25, -0.2) is 4.98 Å². The summed E-state index contributed by atoms with van der Waals surface area (Å²) in [5.74, 6) is 0.918. The van der Waals surface area contributed by atoms with Gasteiger partial charge in [-0.3, -0.25) is 0 Å². The first-order chi connectivity index (χ1) is 11.0. The van der Waals surface area contributed by atoms with Crippen LogP contribution in [0.2, 0.25) is 0 Å². The third-order valence-corrected chi connectivity index (χ3v) is 4.63. The molecule has 1 N–H and O–H groups in total. The van der Waals surface area contributed by atoms with Gasteiger partial charge < -0.3 is 10.2 Å². The highest BCUT2D eigenvalue weighted by atomic mass is 32.1. The van der Waals surface area contributed by atoms with E-state index in [2.05, 4.69) is 73.5 Å². The Kier molecular flexibility index (Phi) is 6.54. The smallest absolute Gasteiger partial charge is 0.205 e. The van der Waals surface area contributed by atoms with Gasteiger partial charge in [0.05, 0.1) is 0 Å². The first-order valence-corrected chi connectivity index (χ1v) is 9.12. The highest BCUT2D eigenvalue weighted by molar-refractivity contribution is 7.09. The Labute approximate surface area is 144 Å². The van der Waals surface area contributed by atoms with Gasteiger partial charge in [-0.1, -0.05) is 38.1 Å². The molecule has 0 spiro atoms. The van der Waals surface area contributed by atoms with Crippen molar-refractivity contribution in [2.75, 3.05) is 18.0 Å². The lowest BCUT2D eigenvalue weighted by Crippen LogP contribution is -2.38. The van der Waals surface area contributed by atoms with Gasteiger partial charge in [0.2, 0.25) is 5.13 Å². The molecule has 0 unspecified atom stereocenters. The van der Waals surface area contributed by atoms with E-state index in [1.165, 1.54) is 22.7 Å². The van der Waals surface area contributed by atoms with E-state index in [4.69, 9.17) is 4.98 Å². The van der Waals surface area contributed by atoms with Crippen LogP contribution in [0.3, 0.4) is 0 Å². The van der Waals surface area contributed by atoms with Crippen molar-refractivity contribution in [3.63, 3.8) is 0 Å². The van der Waals surface area contributed by atoms with Crippen molar-refractivity contribution in [2.24, 2.45) is 0 Å².